The SMILES string of the molecule is O=C(NCCc1ccc(F)cc1)c1ccccc1-c1ncc(-c2ccccc2F)o1. The summed E-state index contributed by atoms with van der Waals surface area (Å²) in [6.45, 7) is 0.394. The van der Waals surface area contributed by atoms with Crippen molar-refractivity contribution in [2.45, 2.75) is 6.42 Å². The molecule has 0 aliphatic carbocycles. The zero-order valence-corrected chi connectivity index (χ0v) is 15.9. The van der Waals surface area contributed by atoms with Crippen molar-refractivity contribution in [2.75, 3.05) is 6.54 Å². The lowest BCUT2D eigenvalue weighted by atomic mass is 10.1. The Kier molecular flexibility index (Phi) is 5.66. The third-order valence-corrected chi connectivity index (χ3v) is 4.66. The lowest BCUT2D eigenvalue weighted by Crippen LogP contribution is -2.26. The standard InChI is InChI=1S/C24H18F2N2O2/c25-17-11-9-16(10-12-17)13-14-27-23(29)18-5-1-2-6-19(18)24-28-15-22(30-24)20-7-3-4-8-21(20)26/h1-12,15H,13-14H2,(H,27,29). The van der Waals surface area contributed by atoms with Crippen LogP contribution in [0.4, 0.5) is 8.78 Å². The van der Waals surface area contributed by atoms with Crippen LogP contribution in [0.1, 0.15) is 15.9 Å². The average Bonchev–Trinajstić information content (AvgIpc) is 3.25. The molecule has 1 heterocycles. The van der Waals surface area contributed by atoms with Crippen molar-refractivity contribution in [3.05, 3.63) is 102 Å². The molecule has 0 saturated carbocycles. The molecule has 30 heavy (non-hydrogen) atoms. The first-order valence-electron chi connectivity index (χ1n) is 9.44. The average molecular weight is 404 g/mol. The van der Waals surface area contributed by atoms with Gasteiger partial charge in [0.15, 0.2) is 5.76 Å². The number of rotatable bonds is 6. The van der Waals surface area contributed by atoms with E-state index in [9.17, 15) is 13.6 Å². The second kappa shape index (κ2) is 8.69. The maximum absolute atomic E-state index is 14.0. The molecule has 6 heteroatoms. The Hall–Kier alpha value is -3.80. The van der Waals surface area contributed by atoms with Gasteiger partial charge in [-0.3, -0.25) is 4.79 Å². The number of hydrogen-bond donors (Lipinski definition) is 1. The van der Waals surface area contributed by atoms with Crippen molar-refractivity contribution >= 4 is 5.91 Å². The quantitative estimate of drug-likeness (QED) is 0.477. The second-order valence-corrected chi connectivity index (χ2v) is 6.69. The number of carbonyl (C=O) groups excluding carboxylic acids is 1. The van der Waals surface area contributed by atoms with Gasteiger partial charge in [-0.25, -0.2) is 13.8 Å². The molecule has 0 bridgehead atoms. The van der Waals surface area contributed by atoms with Crippen molar-refractivity contribution in [3.8, 4) is 22.8 Å². The maximum atomic E-state index is 14.0. The molecular formula is C24H18F2N2O2. The van der Waals surface area contributed by atoms with E-state index in [0.717, 1.165) is 5.56 Å². The predicted molar refractivity (Wildman–Crippen MR) is 110 cm³/mol. The number of nitrogens with zero attached hydrogens (tertiary/aromatic N) is 1. The molecule has 1 N–H and O–H groups in total. The number of benzene rings is 3. The molecule has 3 aromatic carbocycles. The molecule has 0 radical (unpaired) electrons. The first kappa shape index (κ1) is 19.5. The third kappa shape index (κ3) is 4.27. The number of oxazole rings is 1. The summed E-state index contributed by atoms with van der Waals surface area (Å²) in [7, 11) is 0. The topological polar surface area (TPSA) is 55.1 Å². The van der Waals surface area contributed by atoms with Gasteiger partial charge >= 0.3 is 0 Å². The fraction of sp³-hybridized carbons (Fsp3) is 0.0833. The summed E-state index contributed by atoms with van der Waals surface area (Å²) in [6, 6.07) is 19.3. The van der Waals surface area contributed by atoms with Crippen molar-refractivity contribution < 1.29 is 18.0 Å². The van der Waals surface area contributed by atoms with Crippen LogP contribution >= 0.6 is 0 Å². The molecule has 0 spiro atoms. The number of hydrogen-bond acceptors (Lipinski definition) is 3. The highest BCUT2D eigenvalue weighted by molar-refractivity contribution is 6.00. The van der Waals surface area contributed by atoms with Gasteiger partial charge in [0.05, 0.1) is 17.3 Å². The summed E-state index contributed by atoms with van der Waals surface area (Å²) in [5.41, 5.74) is 2.14. The van der Waals surface area contributed by atoms with Gasteiger partial charge in [-0.15, -0.1) is 0 Å². The zero-order valence-electron chi connectivity index (χ0n) is 15.9. The van der Waals surface area contributed by atoms with Crippen molar-refractivity contribution in [1.29, 1.82) is 0 Å². The van der Waals surface area contributed by atoms with Crippen LogP contribution < -0.4 is 5.32 Å². The van der Waals surface area contributed by atoms with Crippen LogP contribution in [0.15, 0.2) is 83.4 Å². The Bertz CT molecular complexity index is 1170. The number of halogens is 2. The van der Waals surface area contributed by atoms with E-state index < -0.39 is 5.82 Å². The Morgan fingerprint density at radius 3 is 2.37 bits per heavy atom. The van der Waals surface area contributed by atoms with Crippen molar-refractivity contribution in [3.63, 3.8) is 0 Å². The predicted octanol–water partition coefficient (Wildman–Crippen LogP) is 5.26. The number of aromatic nitrogens is 1. The van der Waals surface area contributed by atoms with Crippen LogP contribution in [0, 0.1) is 11.6 Å². The van der Waals surface area contributed by atoms with Crippen LogP contribution in [0.25, 0.3) is 22.8 Å². The van der Waals surface area contributed by atoms with Crippen molar-refractivity contribution in [2.24, 2.45) is 0 Å². The number of nitrogens with one attached hydrogen (secondary N) is 1. The van der Waals surface area contributed by atoms with E-state index in [4.69, 9.17) is 4.42 Å². The van der Waals surface area contributed by atoms with Gasteiger partial charge in [0.1, 0.15) is 11.6 Å². The zero-order chi connectivity index (χ0) is 20.9. The first-order valence-corrected chi connectivity index (χ1v) is 9.44. The Morgan fingerprint density at radius 1 is 0.900 bits per heavy atom. The molecule has 150 valence electrons. The van der Waals surface area contributed by atoms with E-state index in [1.54, 1.807) is 54.6 Å². The highest BCUT2D eigenvalue weighted by Crippen LogP contribution is 2.29. The summed E-state index contributed by atoms with van der Waals surface area (Å²) in [5, 5.41) is 2.86. The summed E-state index contributed by atoms with van der Waals surface area (Å²) < 4.78 is 32.8. The van der Waals surface area contributed by atoms with Crippen LogP contribution in [0.5, 0.6) is 0 Å². The molecule has 4 nitrogen and oxygen atoms in total. The van der Waals surface area contributed by atoms with Gasteiger partial charge in [0.25, 0.3) is 5.91 Å². The molecule has 0 aliphatic rings. The van der Waals surface area contributed by atoms with Crippen LogP contribution in [0.2, 0.25) is 0 Å². The first-order chi connectivity index (χ1) is 14.6. The van der Waals surface area contributed by atoms with Gasteiger partial charge < -0.3 is 9.73 Å². The molecule has 1 amide bonds. The van der Waals surface area contributed by atoms with Crippen LogP contribution in [-0.4, -0.2) is 17.4 Å². The number of amides is 1. The maximum Gasteiger partial charge on any atom is 0.252 e. The lowest BCUT2D eigenvalue weighted by molar-refractivity contribution is 0.0954. The minimum Gasteiger partial charge on any atom is -0.436 e. The van der Waals surface area contributed by atoms with Gasteiger partial charge in [-0.2, -0.15) is 0 Å². The smallest absolute Gasteiger partial charge is 0.252 e. The summed E-state index contributed by atoms with van der Waals surface area (Å²) in [5.74, 6) is -0.463. The Labute approximate surface area is 172 Å². The fourth-order valence-electron chi connectivity index (χ4n) is 3.12. The van der Waals surface area contributed by atoms with Gasteiger partial charge in [-0.05, 0) is 48.4 Å². The Balaban J connectivity index is 1.50. The minimum atomic E-state index is -0.410. The monoisotopic (exact) mass is 404 g/mol. The largest absolute Gasteiger partial charge is 0.436 e. The van der Waals surface area contributed by atoms with E-state index in [1.165, 1.54) is 24.4 Å². The van der Waals surface area contributed by atoms with E-state index in [-0.39, 0.29) is 23.4 Å². The van der Waals surface area contributed by atoms with E-state index in [2.05, 4.69) is 10.3 Å². The van der Waals surface area contributed by atoms with Gasteiger partial charge in [-0.1, -0.05) is 36.4 Å². The van der Waals surface area contributed by atoms with E-state index in [0.29, 0.717) is 29.7 Å². The third-order valence-electron chi connectivity index (χ3n) is 4.66. The van der Waals surface area contributed by atoms with Crippen LogP contribution in [-0.2, 0) is 6.42 Å². The van der Waals surface area contributed by atoms with Gasteiger partial charge in [0, 0.05) is 12.1 Å². The molecule has 0 fully saturated rings. The normalized spacial score (nSPS) is 10.7. The second-order valence-electron chi connectivity index (χ2n) is 6.69. The fourth-order valence-corrected chi connectivity index (χ4v) is 3.12. The van der Waals surface area contributed by atoms with E-state index >= 15 is 0 Å². The van der Waals surface area contributed by atoms with E-state index in [1.807, 2.05) is 0 Å². The van der Waals surface area contributed by atoms with Gasteiger partial charge in [0.2, 0.25) is 5.89 Å². The molecule has 4 aromatic rings. The summed E-state index contributed by atoms with van der Waals surface area (Å²) >= 11 is 0. The lowest BCUT2D eigenvalue weighted by Gasteiger charge is -2.08. The summed E-state index contributed by atoms with van der Waals surface area (Å²) in [4.78, 5) is 16.9. The molecule has 0 unspecified atom stereocenters. The highest BCUT2D eigenvalue weighted by Gasteiger charge is 2.17. The summed E-state index contributed by atoms with van der Waals surface area (Å²) in [6.07, 6.45) is 2.02. The molecule has 1 aromatic heterocycles. The molecule has 0 aliphatic heterocycles. The van der Waals surface area contributed by atoms with Crippen LogP contribution in [0.3, 0.4) is 0 Å². The highest BCUT2D eigenvalue weighted by atomic mass is 19.1. The minimum absolute atomic E-state index is 0.234. The molecular weight excluding hydrogens is 386 g/mol. The van der Waals surface area contributed by atoms with Crippen molar-refractivity contribution in [1.82, 2.24) is 10.3 Å². The molecule has 4 rings (SSSR count). The number of carbonyl (C=O) groups is 1. The molecule has 0 saturated heterocycles. The molecule has 0 atom stereocenters. The Morgan fingerprint density at radius 2 is 1.60 bits per heavy atom.